The fourth-order valence-corrected chi connectivity index (χ4v) is 10.4. The van der Waals surface area contributed by atoms with Gasteiger partial charge in [-0.05, 0) is 110 Å². The number of carbonyl (C=O) groups is 1. The Morgan fingerprint density at radius 1 is 1.03 bits per heavy atom. The molecule has 5 rings (SSSR count). The van der Waals surface area contributed by atoms with Crippen molar-refractivity contribution in [1.82, 2.24) is 0 Å². The number of hydrogen-bond donors (Lipinski definition) is 1. The second-order valence-electron chi connectivity index (χ2n) is 13.9. The Kier molecular flexibility index (Phi) is 5.84. The zero-order chi connectivity index (χ0) is 24.5. The van der Waals surface area contributed by atoms with Gasteiger partial charge in [0.05, 0.1) is 11.5 Å². The van der Waals surface area contributed by atoms with E-state index in [0.29, 0.717) is 29.6 Å². The van der Waals surface area contributed by atoms with E-state index < -0.39 is 0 Å². The summed E-state index contributed by atoms with van der Waals surface area (Å²) in [6.45, 7) is 12.2. The van der Waals surface area contributed by atoms with Gasteiger partial charge < -0.3 is 9.84 Å². The van der Waals surface area contributed by atoms with Crippen LogP contribution in [0.3, 0.4) is 0 Å². The molecule has 0 saturated heterocycles. The molecule has 9 atom stereocenters. The summed E-state index contributed by atoms with van der Waals surface area (Å²) < 4.78 is 5.63. The molecule has 4 fully saturated rings. The lowest BCUT2D eigenvalue weighted by Crippen LogP contribution is -2.62. The molecule has 0 radical (unpaired) electrons. The zero-order valence-electron chi connectivity index (χ0n) is 22.2. The molecule has 0 amide bonds. The first-order valence-corrected chi connectivity index (χ1v) is 14.0. The number of ether oxygens (including phenoxy) is 1. The SMILES string of the molecule is C#CCOC(=O)C12CCC(C)CC1C1=CCC3C(C)(CCC4C(C)(C)C(O)CCC43C)C1CC2. The van der Waals surface area contributed by atoms with Crippen molar-refractivity contribution < 1.29 is 14.6 Å². The smallest absolute Gasteiger partial charge is 0.313 e. The molecule has 0 aromatic heterocycles. The van der Waals surface area contributed by atoms with Crippen LogP contribution in [-0.2, 0) is 9.53 Å². The van der Waals surface area contributed by atoms with Crippen molar-refractivity contribution in [3.8, 4) is 12.3 Å². The van der Waals surface area contributed by atoms with Crippen LogP contribution in [0.15, 0.2) is 11.6 Å². The van der Waals surface area contributed by atoms with E-state index in [4.69, 9.17) is 11.2 Å². The highest BCUT2D eigenvalue weighted by atomic mass is 16.5. The molecular weight excluding hydrogens is 420 g/mol. The Labute approximate surface area is 207 Å². The quantitative estimate of drug-likeness (QED) is 0.285. The maximum absolute atomic E-state index is 13.4. The lowest BCUT2D eigenvalue weighted by Gasteiger charge is -2.67. The molecule has 0 aliphatic heterocycles. The summed E-state index contributed by atoms with van der Waals surface area (Å²) in [6.07, 6.45) is 18.7. The van der Waals surface area contributed by atoms with Gasteiger partial charge in [-0.3, -0.25) is 4.79 Å². The number of terminal acetylenes is 1. The summed E-state index contributed by atoms with van der Waals surface area (Å²) in [7, 11) is 0. The van der Waals surface area contributed by atoms with Crippen LogP contribution in [0.5, 0.6) is 0 Å². The number of esters is 1. The van der Waals surface area contributed by atoms with E-state index in [2.05, 4.69) is 46.6 Å². The second-order valence-corrected chi connectivity index (χ2v) is 13.9. The van der Waals surface area contributed by atoms with E-state index in [9.17, 15) is 9.90 Å². The van der Waals surface area contributed by atoms with Crippen LogP contribution < -0.4 is 0 Å². The lowest BCUT2D eigenvalue weighted by atomic mass is 9.37. The van der Waals surface area contributed by atoms with E-state index in [1.807, 2.05) is 0 Å². The van der Waals surface area contributed by atoms with Gasteiger partial charge in [0.15, 0.2) is 6.61 Å². The predicted octanol–water partition coefficient (Wildman–Crippen LogP) is 6.55. The first-order chi connectivity index (χ1) is 16.0. The molecule has 0 heterocycles. The van der Waals surface area contributed by atoms with Gasteiger partial charge in [0.2, 0.25) is 0 Å². The van der Waals surface area contributed by atoms with Crippen molar-refractivity contribution >= 4 is 5.97 Å². The Morgan fingerprint density at radius 2 is 1.74 bits per heavy atom. The fourth-order valence-electron chi connectivity index (χ4n) is 10.4. The van der Waals surface area contributed by atoms with Crippen LogP contribution in [0.1, 0.15) is 98.8 Å². The van der Waals surface area contributed by atoms with E-state index in [1.54, 1.807) is 5.57 Å². The summed E-state index contributed by atoms with van der Waals surface area (Å²) in [5.74, 6) is 5.23. The van der Waals surface area contributed by atoms with Crippen LogP contribution >= 0.6 is 0 Å². The molecule has 1 N–H and O–H groups in total. The van der Waals surface area contributed by atoms with Crippen molar-refractivity contribution in [3.63, 3.8) is 0 Å². The molecule has 4 saturated carbocycles. The molecule has 5 aliphatic rings. The standard InChI is InChI=1S/C31H46O3/c1-7-18-34-27(33)31-16-10-20(2)19-23(31)21-8-9-25-29(5,22(21)11-17-31)14-12-24-28(3,4)26(32)13-15-30(24,25)6/h1,8,20,22-26,32H,9-19H2,2-6H3. The van der Waals surface area contributed by atoms with Gasteiger partial charge >= 0.3 is 5.97 Å². The lowest BCUT2D eigenvalue weighted by molar-refractivity contribution is -0.188. The third-order valence-corrected chi connectivity index (χ3v) is 12.2. The zero-order valence-corrected chi connectivity index (χ0v) is 22.2. The van der Waals surface area contributed by atoms with Gasteiger partial charge in [-0.1, -0.05) is 52.2 Å². The number of rotatable bonds is 2. The van der Waals surface area contributed by atoms with Crippen LogP contribution in [0.25, 0.3) is 0 Å². The van der Waals surface area contributed by atoms with Crippen molar-refractivity contribution in [1.29, 1.82) is 0 Å². The maximum atomic E-state index is 13.4. The Bertz CT molecular complexity index is 910. The molecular formula is C31H46O3. The molecule has 9 unspecified atom stereocenters. The average Bonchev–Trinajstić information content (AvgIpc) is 2.79. The summed E-state index contributed by atoms with van der Waals surface area (Å²) in [4.78, 5) is 13.4. The number of aliphatic hydroxyl groups is 1. The fraction of sp³-hybridized carbons (Fsp3) is 0.839. The Hall–Kier alpha value is -1.27. The van der Waals surface area contributed by atoms with Crippen LogP contribution in [0.4, 0.5) is 0 Å². The van der Waals surface area contributed by atoms with E-state index in [0.717, 1.165) is 51.4 Å². The van der Waals surface area contributed by atoms with Crippen molar-refractivity contribution in [2.45, 2.75) is 105 Å². The first kappa shape index (κ1) is 24.4. The molecule has 0 bridgehead atoms. The highest BCUT2D eigenvalue weighted by Crippen LogP contribution is 2.71. The van der Waals surface area contributed by atoms with E-state index >= 15 is 0 Å². The minimum Gasteiger partial charge on any atom is -0.452 e. The molecule has 5 aliphatic carbocycles. The minimum atomic E-state index is -0.368. The maximum Gasteiger partial charge on any atom is 0.313 e. The number of hydrogen-bond acceptors (Lipinski definition) is 3. The van der Waals surface area contributed by atoms with Gasteiger partial charge in [0.1, 0.15) is 0 Å². The molecule has 0 aromatic rings. The molecule has 0 spiro atoms. The van der Waals surface area contributed by atoms with E-state index in [1.165, 1.54) is 12.8 Å². The van der Waals surface area contributed by atoms with Crippen molar-refractivity contribution in [2.75, 3.05) is 6.61 Å². The number of carbonyl (C=O) groups excluding carboxylic acids is 1. The number of allylic oxidation sites excluding steroid dienone is 2. The highest BCUT2D eigenvalue weighted by Gasteiger charge is 2.65. The third kappa shape index (κ3) is 3.23. The summed E-state index contributed by atoms with van der Waals surface area (Å²) in [5, 5.41) is 10.9. The molecule has 0 aromatic carbocycles. The van der Waals surface area contributed by atoms with E-state index in [-0.39, 0.29) is 40.3 Å². The third-order valence-electron chi connectivity index (χ3n) is 12.2. The van der Waals surface area contributed by atoms with Crippen LogP contribution in [-0.4, -0.2) is 23.8 Å². The topological polar surface area (TPSA) is 46.5 Å². The monoisotopic (exact) mass is 466 g/mol. The van der Waals surface area contributed by atoms with Crippen molar-refractivity contribution in [3.05, 3.63) is 11.6 Å². The Balaban J connectivity index is 1.51. The first-order valence-electron chi connectivity index (χ1n) is 14.0. The summed E-state index contributed by atoms with van der Waals surface area (Å²) in [5.41, 5.74) is 1.76. The molecule has 34 heavy (non-hydrogen) atoms. The van der Waals surface area contributed by atoms with Crippen LogP contribution in [0.2, 0.25) is 0 Å². The van der Waals surface area contributed by atoms with Gasteiger partial charge in [-0.15, -0.1) is 6.42 Å². The predicted molar refractivity (Wildman–Crippen MR) is 136 cm³/mol. The number of aliphatic hydroxyl groups excluding tert-OH is 1. The molecule has 188 valence electrons. The van der Waals surface area contributed by atoms with Crippen molar-refractivity contribution in [2.24, 2.45) is 51.2 Å². The molecule has 3 heteroatoms. The van der Waals surface area contributed by atoms with Gasteiger partial charge in [0.25, 0.3) is 0 Å². The summed E-state index contributed by atoms with van der Waals surface area (Å²) in [6, 6.07) is 0. The van der Waals surface area contributed by atoms with Gasteiger partial charge in [-0.25, -0.2) is 0 Å². The largest absolute Gasteiger partial charge is 0.452 e. The normalized spacial score (nSPS) is 49.3. The number of fused-ring (bicyclic) bond motifs is 7. The van der Waals surface area contributed by atoms with Gasteiger partial charge in [-0.2, -0.15) is 0 Å². The summed E-state index contributed by atoms with van der Waals surface area (Å²) >= 11 is 0. The van der Waals surface area contributed by atoms with Gasteiger partial charge in [0, 0.05) is 0 Å². The Morgan fingerprint density at radius 3 is 2.47 bits per heavy atom. The van der Waals surface area contributed by atoms with Crippen LogP contribution in [0, 0.1) is 63.6 Å². The minimum absolute atomic E-state index is 0.0143. The average molecular weight is 467 g/mol. The molecule has 3 nitrogen and oxygen atoms in total. The highest BCUT2D eigenvalue weighted by molar-refractivity contribution is 5.78. The second kappa shape index (κ2) is 8.12.